The van der Waals surface area contributed by atoms with Crippen LogP contribution in [-0.4, -0.2) is 53.6 Å². The Balaban J connectivity index is 2.13. The van der Waals surface area contributed by atoms with Crippen molar-refractivity contribution in [1.29, 1.82) is 0 Å². The van der Waals surface area contributed by atoms with Crippen LogP contribution in [0.15, 0.2) is 37.4 Å². The minimum Gasteiger partial charge on any atom is -0.493 e. The summed E-state index contributed by atoms with van der Waals surface area (Å²) in [6.45, 7) is 0. The molecule has 0 aliphatic heterocycles. The third kappa shape index (κ3) is 5.29. The molecule has 2 aromatic rings. The van der Waals surface area contributed by atoms with Gasteiger partial charge in [0.2, 0.25) is 11.5 Å². The second-order valence-corrected chi connectivity index (χ2v) is 9.32. The highest BCUT2D eigenvalue weighted by atomic mass is 79.9. The number of methoxy groups -OCH3 is 6. The van der Waals surface area contributed by atoms with Crippen molar-refractivity contribution in [2.45, 2.75) is 19.3 Å². The van der Waals surface area contributed by atoms with Gasteiger partial charge >= 0.3 is 0 Å². The van der Waals surface area contributed by atoms with Gasteiger partial charge in [0.05, 0.1) is 51.6 Å². The second kappa shape index (κ2) is 12.4. The van der Waals surface area contributed by atoms with Gasteiger partial charge in [0.15, 0.2) is 23.0 Å². The van der Waals surface area contributed by atoms with E-state index in [1.54, 1.807) is 42.7 Å². The number of benzene rings is 2. The van der Waals surface area contributed by atoms with E-state index in [9.17, 15) is 5.21 Å². The van der Waals surface area contributed by atoms with Crippen molar-refractivity contribution in [1.82, 2.24) is 0 Å². The SMILES string of the molecule is COc1cc(C=C2CCCC(=Cc3cc(OC)c(OC)c(OC)c3Br)C2=NO)c(Br)c(OC)c1OC. The largest absolute Gasteiger partial charge is 0.493 e. The third-order valence-corrected chi connectivity index (χ3v) is 7.49. The number of oxime groups is 1. The van der Waals surface area contributed by atoms with Crippen LogP contribution in [0.2, 0.25) is 0 Å². The van der Waals surface area contributed by atoms with Gasteiger partial charge in [-0.25, -0.2) is 0 Å². The molecule has 0 saturated heterocycles. The van der Waals surface area contributed by atoms with Gasteiger partial charge in [-0.1, -0.05) is 5.16 Å². The van der Waals surface area contributed by atoms with Crippen LogP contribution in [0.5, 0.6) is 34.5 Å². The lowest BCUT2D eigenvalue weighted by Gasteiger charge is -2.21. The Kier molecular flexibility index (Phi) is 9.56. The van der Waals surface area contributed by atoms with Gasteiger partial charge in [0.1, 0.15) is 5.71 Å². The van der Waals surface area contributed by atoms with E-state index in [1.807, 2.05) is 24.3 Å². The fraction of sp³-hybridized carbons (Fsp3) is 0.346. The number of nitrogens with zero attached hydrogens (tertiary/aromatic N) is 1. The fourth-order valence-electron chi connectivity index (χ4n) is 4.19. The normalized spacial score (nSPS) is 15.6. The van der Waals surface area contributed by atoms with Gasteiger partial charge in [0, 0.05) is 0 Å². The zero-order valence-corrected chi connectivity index (χ0v) is 24.2. The first-order chi connectivity index (χ1) is 17.4. The van der Waals surface area contributed by atoms with E-state index in [1.165, 1.54) is 0 Å². The molecule has 10 heteroatoms. The summed E-state index contributed by atoms with van der Waals surface area (Å²) < 4.78 is 34.5. The van der Waals surface area contributed by atoms with Crippen molar-refractivity contribution in [3.63, 3.8) is 0 Å². The standard InChI is InChI=1S/C26H29Br2NO7/c1-31-18-12-16(20(27)25(35-5)23(18)33-3)10-14-8-7-9-15(22(14)29-30)11-17-13-19(32-2)24(34-4)26(36-6)21(17)28/h10-13,30H,7-9H2,1-6H3. The van der Waals surface area contributed by atoms with E-state index in [-0.39, 0.29) is 0 Å². The van der Waals surface area contributed by atoms with Gasteiger partial charge in [-0.15, -0.1) is 0 Å². The average molecular weight is 627 g/mol. The zero-order valence-electron chi connectivity index (χ0n) is 21.0. The Morgan fingerprint density at radius 2 is 1.06 bits per heavy atom. The topological polar surface area (TPSA) is 88.0 Å². The number of hydrogen-bond acceptors (Lipinski definition) is 8. The molecule has 0 radical (unpaired) electrons. The van der Waals surface area contributed by atoms with Gasteiger partial charge in [-0.3, -0.25) is 0 Å². The summed E-state index contributed by atoms with van der Waals surface area (Å²) in [7, 11) is 9.38. The average Bonchev–Trinajstić information content (AvgIpc) is 2.90. The smallest absolute Gasteiger partial charge is 0.204 e. The van der Waals surface area contributed by atoms with Crippen molar-refractivity contribution in [2.75, 3.05) is 42.7 Å². The van der Waals surface area contributed by atoms with Crippen LogP contribution in [0, 0.1) is 0 Å². The maximum atomic E-state index is 10.0. The summed E-state index contributed by atoms with van der Waals surface area (Å²) in [6, 6.07) is 3.70. The Labute approximate surface area is 227 Å². The minimum absolute atomic E-state index is 0.488. The highest BCUT2D eigenvalue weighted by Gasteiger charge is 2.24. The Morgan fingerprint density at radius 3 is 1.36 bits per heavy atom. The third-order valence-electron chi connectivity index (χ3n) is 5.86. The first-order valence-electron chi connectivity index (χ1n) is 11.0. The molecule has 3 rings (SSSR count). The van der Waals surface area contributed by atoms with Crippen LogP contribution in [0.25, 0.3) is 12.2 Å². The van der Waals surface area contributed by atoms with Crippen LogP contribution >= 0.6 is 31.9 Å². The molecule has 0 aromatic heterocycles. The molecule has 0 amide bonds. The van der Waals surface area contributed by atoms with E-state index in [0.29, 0.717) is 49.2 Å². The number of halogens is 2. The molecule has 194 valence electrons. The Bertz CT molecular complexity index is 1130. The van der Waals surface area contributed by atoms with Crippen molar-refractivity contribution < 1.29 is 33.6 Å². The first-order valence-corrected chi connectivity index (χ1v) is 12.6. The molecule has 36 heavy (non-hydrogen) atoms. The first kappa shape index (κ1) is 27.7. The Hall–Kier alpha value is -2.85. The summed E-state index contributed by atoms with van der Waals surface area (Å²) in [4.78, 5) is 0. The second-order valence-electron chi connectivity index (χ2n) is 7.74. The molecule has 0 unspecified atom stereocenters. The maximum absolute atomic E-state index is 10.0. The van der Waals surface area contributed by atoms with Crippen molar-refractivity contribution in [2.24, 2.45) is 5.16 Å². The molecule has 1 aliphatic rings. The molecule has 0 spiro atoms. The number of ether oxygens (including phenoxy) is 6. The van der Waals surface area contributed by atoms with Crippen LogP contribution in [0.4, 0.5) is 0 Å². The predicted octanol–water partition coefficient (Wildman–Crippen LogP) is 6.74. The van der Waals surface area contributed by atoms with E-state index in [0.717, 1.165) is 41.5 Å². The molecule has 1 aliphatic carbocycles. The van der Waals surface area contributed by atoms with Crippen LogP contribution < -0.4 is 28.4 Å². The molecule has 1 N–H and O–H groups in total. The number of allylic oxidation sites excluding steroid dienone is 2. The van der Waals surface area contributed by atoms with E-state index in [4.69, 9.17) is 28.4 Å². The van der Waals surface area contributed by atoms with E-state index < -0.39 is 0 Å². The highest BCUT2D eigenvalue weighted by Crippen LogP contribution is 2.47. The quantitative estimate of drug-likeness (QED) is 0.256. The number of rotatable bonds is 8. The van der Waals surface area contributed by atoms with Crippen LogP contribution in [0.1, 0.15) is 30.4 Å². The van der Waals surface area contributed by atoms with Gasteiger partial charge in [0.25, 0.3) is 0 Å². The monoisotopic (exact) mass is 625 g/mol. The summed E-state index contributed by atoms with van der Waals surface area (Å²) in [5.74, 6) is 3.06. The molecule has 1 saturated carbocycles. The molecule has 8 nitrogen and oxygen atoms in total. The highest BCUT2D eigenvalue weighted by molar-refractivity contribution is 9.11. The lowest BCUT2D eigenvalue weighted by Crippen LogP contribution is -2.13. The minimum atomic E-state index is 0.488. The van der Waals surface area contributed by atoms with Crippen molar-refractivity contribution in [3.05, 3.63) is 43.4 Å². The van der Waals surface area contributed by atoms with Crippen LogP contribution in [0.3, 0.4) is 0 Å². The maximum Gasteiger partial charge on any atom is 0.204 e. The molecular formula is C26H29Br2NO7. The molecular weight excluding hydrogens is 598 g/mol. The van der Waals surface area contributed by atoms with Gasteiger partial charge < -0.3 is 33.6 Å². The summed E-state index contributed by atoms with van der Waals surface area (Å²) in [6.07, 6.45) is 6.26. The summed E-state index contributed by atoms with van der Waals surface area (Å²) in [5.41, 5.74) is 3.84. The fourth-order valence-corrected chi connectivity index (χ4v) is 5.33. The molecule has 2 aromatic carbocycles. The van der Waals surface area contributed by atoms with Crippen molar-refractivity contribution >= 4 is 49.7 Å². The summed E-state index contributed by atoms with van der Waals surface area (Å²) in [5, 5.41) is 13.7. The van der Waals surface area contributed by atoms with E-state index >= 15 is 0 Å². The summed E-state index contributed by atoms with van der Waals surface area (Å²) >= 11 is 7.24. The molecule has 0 heterocycles. The van der Waals surface area contributed by atoms with Gasteiger partial charge in [-0.2, -0.15) is 0 Å². The number of hydrogen-bond donors (Lipinski definition) is 1. The molecule has 0 bridgehead atoms. The molecule has 1 fully saturated rings. The van der Waals surface area contributed by atoms with Crippen LogP contribution in [-0.2, 0) is 0 Å². The van der Waals surface area contributed by atoms with Crippen molar-refractivity contribution in [3.8, 4) is 34.5 Å². The van der Waals surface area contributed by atoms with Gasteiger partial charge in [-0.05, 0) is 97.7 Å². The zero-order chi connectivity index (χ0) is 26.4. The van der Waals surface area contributed by atoms with E-state index in [2.05, 4.69) is 37.0 Å². The lowest BCUT2D eigenvalue weighted by atomic mass is 9.86. The molecule has 0 atom stereocenters. The lowest BCUT2D eigenvalue weighted by molar-refractivity contribution is 0.318. The Morgan fingerprint density at radius 1 is 0.667 bits per heavy atom. The predicted molar refractivity (Wildman–Crippen MR) is 147 cm³/mol.